The van der Waals surface area contributed by atoms with Gasteiger partial charge in [0.15, 0.2) is 0 Å². The summed E-state index contributed by atoms with van der Waals surface area (Å²) in [5.41, 5.74) is 2.05. The highest BCUT2D eigenvalue weighted by Crippen LogP contribution is 2.13. The number of carbonyl (C=O) groups excluding carboxylic acids is 1. The Hall–Kier alpha value is -2.58. The van der Waals surface area contributed by atoms with Gasteiger partial charge in [-0.05, 0) is 31.5 Å². The minimum absolute atomic E-state index is 0.209. The Balaban J connectivity index is 2.12. The maximum absolute atomic E-state index is 12.2. The van der Waals surface area contributed by atoms with Crippen molar-refractivity contribution in [2.24, 2.45) is 0 Å². The van der Waals surface area contributed by atoms with Crippen molar-refractivity contribution in [3.05, 3.63) is 52.7 Å². The molecule has 21 heavy (non-hydrogen) atoms. The molecule has 1 aromatic heterocycles. The van der Waals surface area contributed by atoms with Gasteiger partial charge in [0.25, 0.3) is 5.91 Å². The molecule has 5 heteroatoms. The molecule has 5 nitrogen and oxygen atoms in total. The third kappa shape index (κ3) is 3.71. The van der Waals surface area contributed by atoms with Crippen molar-refractivity contribution in [3.8, 4) is 11.8 Å². The molecule has 0 saturated heterocycles. The highest BCUT2D eigenvalue weighted by atomic mass is 16.4. The van der Waals surface area contributed by atoms with Gasteiger partial charge < -0.3 is 14.8 Å². The van der Waals surface area contributed by atoms with Crippen LogP contribution in [0.1, 0.15) is 33.1 Å². The SMILES string of the molecule is Cc1cnc(CNC(=O)c2cccc(C#CCO)c2C)o1. The molecule has 0 aliphatic rings. The summed E-state index contributed by atoms with van der Waals surface area (Å²) >= 11 is 0. The molecule has 0 aliphatic heterocycles. The molecule has 1 amide bonds. The van der Waals surface area contributed by atoms with E-state index in [2.05, 4.69) is 22.1 Å². The maximum atomic E-state index is 12.2. The standard InChI is InChI=1S/C16H16N2O3/c1-11-9-17-15(21-11)10-18-16(20)14-7-3-5-13(12(14)2)6-4-8-19/h3,5,7,9,19H,8,10H2,1-2H3,(H,18,20). The number of aliphatic hydroxyl groups excluding tert-OH is 1. The summed E-state index contributed by atoms with van der Waals surface area (Å²) in [4.78, 5) is 16.2. The van der Waals surface area contributed by atoms with Crippen molar-refractivity contribution in [1.29, 1.82) is 0 Å². The van der Waals surface area contributed by atoms with E-state index in [9.17, 15) is 4.79 Å². The van der Waals surface area contributed by atoms with Gasteiger partial charge in [-0.1, -0.05) is 17.9 Å². The summed E-state index contributed by atoms with van der Waals surface area (Å²) in [5.74, 6) is 6.37. The van der Waals surface area contributed by atoms with E-state index in [1.54, 1.807) is 25.3 Å². The van der Waals surface area contributed by atoms with Crippen LogP contribution in [0, 0.1) is 25.7 Å². The molecule has 0 spiro atoms. The molecule has 1 aromatic carbocycles. The van der Waals surface area contributed by atoms with Crippen LogP contribution >= 0.6 is 0 Å². The number of amides is 1. The number of rotatable bonds is 3. The fourth-order valence-electron chi connectivity index (χ4n) is 1.89. The second-order valence-electron chi connectivity index (χ2n) is 4.49. The summed E-state index contributed by atoms with van der Waals surface area (Å²) < 4.78 is 5.30. The van der Waals surface area contributed by atoms with Gasteiger partial charge in [0.05, 0.1) is 12.7 Å². The predicted molar refractivity (Wildman–Crippen MR) is 77.6 cm³/mol. The van der Waals surface area contributed by atoms with Crippen molar-refractivity contribution in [2.45, 2.75) is 20.4 Å². The lowest BCUT2D eigenvalue weighted by molar-refractivity contribution is 0.0946. The average molecular weight is 284 g/mol. The fourth-order valence-corrected chi connectivity index (χ4v) is 1.89. The lowest BCUT2D eigenvalue weighted by Gasteiger charge is -2.07. The van der Waals surface area contributed by atoms with Crippen LogP contribution in [-0.2, 0) is 6.54 Å². The minimum atomic E-state index is -0.212. The predicted octanol–water partition coefficient (Wildman–Crippen LogP) is 1.57. The number of hydrogen-bond acceptors (Lipinski definition) is 4. The summed E-state index contributed by atoms with van der Waals surface area (Å²) in [7, 11) is 0. The smallest absolute Gasteiger partial charge is 0.252 e. The number of aryl methyl sites for hydroxylation is 1. The molecule has 108 valence electrons. The van der Waals surface area contributed by atoms with Gasteiger partial charge in [0, 0.05) is 11.1 Å². The fraction of sp³-hybridized carbons (Fsp3) is 0.250. The summed E-state index contributed by atoms with van der Waals surface area (Å²) in [6.45, 7) is 3.65. The first-order chi connectivity index (χ1) is 10.1. The zero-order valence-corrected chi connectivity index (χ0v) is 11.9. The average Bonchev–Trinajstić information content (AvgIpc) is 2.89. The molecule has 0 atom stereocenters. The molecule has 0 bridgehead atoms. The van der Waals surface area contributed by atoms with E-state index in [1.165, 1.54) is 0 Å². The molecule has 0 fully saturated rings. The first-order valence-corrected chi connectivity index (χ1v) is 6.50. The topological polar surface area (TPSA) is 75.4 Å². The number of hydrogen-bond donors (Lipinski definition) is 2. The Morgan fingerprint density at radius 1 is 1.43 bits per heavy atom. The van der Waals surface area contributed by atoms with Crippen LogP contribution in [0.4, 0.5) is 0 Å². The molecule has 0 unspecified atom stereocenters. The molecule has 0 aliphatic carbocycles. The zero-order valence-electron chi connectivity index (χ0n) is 11.9. The van der Waals surface area contributed by atoms with Gasteiger partial charge in [-0.2, -0.15) is 0 Å². The Morgan fingerprint density at radius 3 is 2.90 bits per heavy atom. The number of aromatic nitrogens is 1. The van der Waals surface area contributed by atoms with Crippen molar-refractivity contribution in [1.82, 2.24) is 10.3 Å². The van der Waals surface area contributed by atoms with E-state index < -0.39 is 0 Å². The van der Waals surface area contributed by atoms with E-state index in [4.69, 9.17) is 9.52 Å². The van der Waals surface area contributed by atoms with Gasteiger partial charge in [0.2, 0.25) is 5.89 Å². The Bertz CT molecular complexity index is 708. The molecule has 2 N–H and O–H groups in total. The summed E-state index contributed by atoms with van der Waals surface area (Å²) in [6.07, 6.45) is 1.61. The van der Waals surface area contributed by atoms with Crippen molar-refractivity contribution in [3.63, 3.8) is 0 Å². The highest BCUT2D eigenvalue weighted by molar-refractivity contribution is 5.96. The second kappa shape index (κ2) is 6.73. The van der Waals surface area contributed by atoms with Crippen LogP contribution in [0.5, 0.6) is 0 Å². The minimum Gasteiger partial charge on any atom is -0.444 e. The third-order valence-electron chi connectivity index (χ3n) is 2.95. The summed E-state index contributed by atoms with van der Waals surface area (Å²) in [6, 6.07) is 5.31. The lowest BCUT2D eigenvalue weighted by atomic mass is 10.0. The van der Waals surface area contributed by atoms with Crippen LogP contribution in [-0.4, -0.2) is 22.6 Å². The van der Waals surface area contributed by atoms with Crippen LogP contribution in [0.25, 0.3) is 0 Å². The largest absolute Gasteiger partial charge is 0.444 e. The molecule has 0 radical (unpaired) electrons. The molecule has 2 rings (SSSR count). The number of nitrogens with one attached hydrogen (secondary N) is 1. The van der Waals surface area contributed by atoms with E-state index >= 15 is 0 Å². The number of nitrogens with zero attached hydrogens (tertiary/aromatic N) is 1. The van der Waals surface area contributed by atoms with E-state index in [0.717, 1.165) is 11.1 Å². The quantitative estimate of drug-likeness (QED) is 0.839. The molecule has 0 saturated carbocycles. The van der Waals surface area contributed by atoms with Crippen molar-refractivity contribution < 1.29 is 14.3 Å². The van der Waals surface area contributed by atoms with Crippen LogP contribution in [0.2, 0.25) is 0 Å². The monoisotopic (exact) mass is 284 g/mol. The second-order valence-corrected chi connectivity index (χ2v) is 4.49. The third-order valence-corrected chi connectivity index (χ3v) is 2.95. The van der Waals surface area contributed by atoms with Gasteiger partial charge in [-0.3, -0.25) is 4.79 Å². The number of benzene rings is 1. The first-order valence-electron chi connectivity index (χ1n) is 6.50. The van der Waals surface area contributed by atoms with Crippen molar-refractivity contribution in [2.75, 3.05) is 6.61 Å². The van der Waals surface area contributed by atoms with Crippen LogP contribution in [0.3, 0.4) is 0 Å². The first kappa shape index (κ1) is 14.8. The van der Waals surface area contributed by atoms with E-state index in [0.29, 0.717) is 17.2 Å². The van der Waals surface area contributed by atoms with E-state index in [1.807, 2.05) is 13.0 Å². The van der Waals surface area contributed by atoms with Gasteiger partial charge in [-0.25, -0.2) is 4.98 Å². The zero-order chi connectivity index (χ0) is 15.2. The Kier molecular flexibility index (Phi) is 4.75. The van der Waals surface area contributed by atoms with Gasteiger partial charge >= 0.3 is 0 Å². The summed E-state index contributed by atoms with van der Waals surface area (Å²) in [5, 5.41) is 11.5. The Labute approximate surface area is 123 Å². The maximum Gasteiger partial charge on any atom is 0.252 e. The highest BCUT2D eigenvalue weighted by Gasteiger charge is 2.11. The molecule has 2 aromatic rings. The van der Waals surface area contributed by atoms with Gasteiger partial charge in [-0.15, -0.1) is 0 Å². The number of carbonyl (C=O) groups is 1. The number of aliphatic hydroxyl groups is 1. The normalized spacial score (nSPS) is 9.86. The Morgan fingerprint density at radius 2 is 2.24 bits per heavy atom. The number of oxazole rings is 1. The van der Waals surface area contributed by atoms with Gasteiger partial charge in [0.1, 0.15) is 12.4 Å². The lowest BCUT2D eigenvalue weighted by Crippen LogP contribution is -2.24. The molecular formula is C16H16N2O3. The molecular weight excluding hydrogens is 268 g/mol. The molecule has 1 heterocycles. The van der Waals surface area contributed by atoms with Crippen molar-refractivity contribution >= 4 is 5.91 Å². The van der Waals surface area contributed by atoms with Crippen LogP contribution < -0.4 is 5.32 Å². The van der Waals surface area contributed by atoms with Crippen LogP contribution in [0.15, 0.2) is 28.8 Å². The van der Waals surface area contributed by atoms with E-state index in [-0.39, 0.29) is 19.1 Å².